The molecule has 3 aromatic carbocycles. The number of rotatable bonds is 6. The summed E-state index contributed by atoms with van der Waals surface area (Å²) in [6.45, 7) is 6.19. The molecule has 168 valence electrons. The fourth-order valence-corrected chi connectivity index (χ4v) is 4.38. The number of aryl methyl sites for hydroxylation is 3. The highest BCUT2D eigenvalue weighted by atomic mass is 16.1. The van der Waals surface area contributed by atoms with Crippen molar-refractivity contribution in [3.63, 3.8) is 0 Å². The molecule has 3 heteroatoms. The van der Waals surface area contributed by atoms with Crippen LogP contribution in [-0.4, -0.2) is 10.8 Å². The lowest BCUT2D eigenvalue weighted by Crippen LogP contribution is -2.05. The molecule has 0 atom stereocenters. The average Bonchev–Trinajstić information content (AvgIpc) is 3.31. The van der Waals surface area contributed by atoms with Crippen LogP contribution < -0.4 is 5.32 Å². The second-order valence-electron chi connectivity index (χ2n) is 9.13. The van der Waals surface area contributed by atoms with E-state index in [2.05, 4.69) is 73.8 Å². The second kappa shape index (κ2) is 9.11. The minimum atomic E-state index is 0.132. The van der Waals surface area contributed by atoms with E-state index < -0.39 is 0 Å². The first-order valence-corrected chi connectivity index (χ1v) is 11.7. The van der Waals surface area contributed by atoms with Crippen molar-refractivity contribution < 1.29 is 4.79 Å². The number of benzene rings is 3. The van der Waals surface area contributed by atoms with Gasteiger partial charge in [-0.15, -0.1) is 0 Å². The number of nitrogens with one attached hydrogen (secondary N) is 1. The number of fused-ring (bicyclic) bond motifs is 1. The van der Waals surface area contributed by atoms with Gasteiger partial charge in [-0.2, -0.15) is 0 Å². The molecule has 0 bridgehead atoms. The molecule has 5 rings (SSSR count). The van der Waals surface area contributed by atoms with Gasteiger partial charge in [-0.25, -0.2) is 0 Å². The predicted molar refractivity (Wildman–Crippen MR) is 141 cm³/mol. The Hall–Kier alpha value is -3.98. The molecule has 0 fully saturated rings. The van der Waals surface area contributed by atoms with Crippen molar-refractivity contribution in [2.75, 3.05) is 5.32 Å². The van der Waals surface area contributed by atoms with Crippen LogP contribution in [0.15, 0.2) is 78.9 Å². The third kappa shape index (κ3) is 4.55. The van der Waals surface area contributed by atoms with E-state index in [0.29, 0.717) is 6.42 Å². The molecule has 1 aliphatic rings. The Labute approximate surface area is 201 Å². The van der Waals surface area contributed by atoms with Crippen molar-refractivity contribution in [3.8, 4) is 11.3 Å². The Morgan fingerprint density at radius 2 is 1.71 bits per heavy atom. The van der Waals surface area contributed by atoms with E-state index in [1.54, 1.807) is 0 Å². The number of Topliss-reactive ketones (excluding diaryl/α,β-unsaturated/α-hetero) is 1. The maximum atomic E-state index is 12.9. The van der Waals surface area contributed by atoms with Crippen molar-refractivity contribution in [1.29, 1.82) is 0 Å². The van der Waals surface area contributed by atoms with Crippen LogP contribution in [0.4, 0.5) is 11.4 Å². The van der Waals surface area contributed by atoms with Crippen LogP contribution in [0.1, 0.15) is 43.9 Å². The SMILES string of the molecule is Cc1ccc(-c2cc(Nc3cc(CC(=O)c4cccc(C)c4)ccc3C)c3c(n2)CC=C3)cc1. The van der Waals surface area contributed by atoms with Gasteiger partial charge < -0.3 is 5.32 Å². The van der Waals surface area contributed by atoms with E-state index in [1.165, 1.54) is 5.56 Å². The predicted octanol–water partition coefficient (Wildman–Crippen LogP) is 7.41. The molecule has 1 heterocycles. The van der Waals surface area contributed by atoms with Gasteiger partial charge in [0.15, 0.2) is 5.78 Å². The molecule has 0 radical (unpaired) electrons. The molecular formula is C31H28N2O. The summed E-state index contributed by atoms with van der Waals surface area (Å²) in [4.78, 5) is 17.8. The highest BCUT2D eigenvalue weighted by Gasteiger charge is 2.16. The molecule has 0 spiro atoms. The third-order valence-corrected chi connectivity index (χ3v) is 6.36. The summed E-state index contributed by atoms with van der Waals surface area (Å²) >= 11 is 0. The molecule has 1 aliphatic carbocycles. The summed E-state index contributed by atoms with van der Waals surface area (Å²) in [5.41, 5.74) is 11.6. The van der Waals surface area contributed by atoms with E-state index in [-0.39, 0.29) is 5.78 Å². The van der Waals surface area contributed by atoms with Crippen LogP contribution in [0.5, 0.6) is 0 Å². The number of nitrogens with zero attached hydrogens (tertiary/aromatic N) is 1. The topological polar surface area (TPSA) is 42.0 Å². The highest BCUT2D eigenvalue weighted by Crippen LogP contribution is 2.34. The molecule has 4 aromatic rings. The number of allylic oxidation sites excluding steroid dienone is 1. The number of carbonyl (C=O) groups excluding carboxylic acids is 1. The van der Waals surface area contributed by atoms with Crippen LogP contribution >= 0.6 is 0 Å². The van der Waals surface area contributed by atoms with E-state index >= 15 is 0 Å². The standard InChI is InChI=1S/C31H28N2O/c1-20-10-14-24(15-11-20)29-19-30(26-8-5-9-27(26)32-29)33-28-17-23(13-12-22(28)3)18-31(34)25-7-4-6-21(2)16-25/h4-8,10-17,19H,9,18H2,1-3H3,(H,32,33). The minimum absolute atomic E-state index is 0.132. The number of pyridine rings is 1. The Morgan fingerprint density at radius 3 is 2.50 bits per heavy atom. The van der Waals surface area contributed by atoms with Crippen LogP contribution in [-0.2, 0) is 12.8 Å². The van der Waals surface area contributed by atoms with Crippen molar-refractivity contribution in [2.45, 2.75) is 33.6 Å². The maximum Gasteiger partial charge on any atom is 0.167 e. The summed E-state index contributed by atoms with van der Waals surface area (Å²) in [6, 6.07) is 24.6. The zero-order valence-corrected chi connectivity index (χ0v) is 19.9. The van der Waals surface area contributed by atoms with Gasteiger partial charge in [-0.3, -0.25) is 9.78 Å². The van der Waals surface area contributed by atoms with Gasteiger partial charge in [0.05, 0.1) is 11.4 Å². The van der Waals surface area contributed by atoms with Gasteiger partial charge in [-0.05, 0) is 50.1 Å². The molecule has 0 unspecified atom stereocenters. The lowest BCUT2D eigenvalue weighted by Gasteiger charge is -2.16. The lowest BCUT2D eigenvalue weighted by molar-refractivity contribution is 0.0993. The third-order valence-electron chi connectivity index (χ3n) is 6.36. The number of aromatic nitrogens is 1. The van der Waals surface area contributed by atoms with E-state index in [4.69, 9.17) is 4.98 Å². The van der Waals surface area contributed by atoms with Gasteiger partial charge in [0.25, 0.3) is 0 Å². The number of ketones is 1. The summed E-state index contributed by atoms with van der Waals surface area (Å²) in [5.74, 6) is 0.132. The summed E-state index contributed by atoms with van der Waals surface area (Å²) < 4.78 is 0. The second-order valence-corrected chi connectivity index (χ2v) is 9.13. The summed E-state index contributed by atoms with van der Waals surface area (Å²) in [5, 5.41) is 3.65. The molecule has 0 saturated carbocycles. The van der Waals surface area contributed by atoms with Crippen LogP contribution in [0, 0.1) is 20.8 Å². The fourth-order valence-electron chi connectivity index (χ4n) is 4.38. The van der Waals surface area contributed by atoms with Crippen molar-refractivity contribution in [1.82, 2.24) is 4.98 Å². The normalized spacial score (nSPS) is 12.0. The van der Waals surface area contributed by atoms with Gasteiger partial charge in [0, 0.05) is 40.9 Å². The average molecular weight is 445 g/mol. The van der Waals surface area contributed by atoms with E-state index in [9.17, 15) is 4.79 Å². The van der Waals surface area contributed by atoms with Crippen molar-refractivity contribution in [3.05, 3.63) is 118 Å². The summed E-state index contributed by atoms with van der Waals surface area (Å²) in [7, 11) is 0. The molecule has 0 saturated heterocycles. The van der Waals surface area contributed by atoms with Gasteiger partial charge in [0.2, 0.25) is 0 Å². The summed E-state index contributed by atoms with van der Waals surface area (Å²) in [6.07, 6.45) is 5.52. The van der Waals surface area contributed by atoms with Gasteiger partial charge in [-0.1, -0.05) is 77.9 Å². The van der Waals surface area contributed by atoms with Crippen molar-refractivity contribution in [2.24, 2.45) is 0 Å². The molecule has 3 nitrogen and oxygen atoms in total. The molecular weight excluding hydrogens is 416 g/mol. The Kier molecular flexibility index (Phi) is 5.85. The van der Waals surface area contributed by atoms with Crippen molar-refractivity contribution >= 4 is 23.2 Å². The number of anilines is 2. The quantitative estimate of drug-likeness (QED) is 0.315. The zero-order chi connectivity index (χ0) is 23.7. The first-order valence-electron chi connectivity index (χ1n) is 11.7. The Morgan fingerprint density at radius 1 is 0.882 bits per heavy atom. The zero-order valence-electron chi connectivity index (χ0n) is 19.9. The number of hydrogen-bond donors (Lipinski definition) is 1. The van der Waals surface area contributed by atoms with E-state index in [1.807, 2.05) is 37.3 Å². The largest absolute Gasteiger partial charge is 0.355 e. The molecule has 34 heavy (non-hydrogen) atoms. The van der Waals surface area contributed by atoms with Crippen LogP contribution in [0.3, 0.4) is 0 Å². The molecule has 0 aliphatic heterocycles. The maximum absolute atomic E-state index is 12.9. The first-order chi connectivity index (χ1) is 16.5. The van der Waals surface area contributed by atoms with Gasteiger partial charge >= 0.3 is 0 Å². The minimum Gasteiger partial charge on any atom is -0.355 e. The first kappa shape index (κ1) is 21.8. The monoisotopic (exact) mass is 444 g/mol. The smallest absolute Gasteiger partial charge is 0.167 e. The Balaban J connectivity index is 1.45. The molecule has 1 aromatic heterocycles. The number of carbonyl (C=O) groups is 1. The van der Waals surface area contributed by atoms with Crippen LogP contribution in [0.2, 0.25) is 0 Å². The molecule has 1 N–H and O–H groups in total. The van der Waals surface area contributed by atoms with E-state index in [0.717, 1.165) is 62.6 Å². The highest BCUT2D eigenvalue weighted by molar-refractivity contribution is 5.97. The lowest BCUT2D eigenvalue weighted by atomic mass is 9.99. The van der Waals surface area contributed by atoms with Gasteiger partial charge in [0.1, 0.15) is 0 Å². The van der Waals surface area contributed by atoms with Crippen LogP contribution in [0.25, 0.3) is 17.3 Å². The Bertz CT molecular complexity index is 1410. The fraction of sp³-hybridized carbons (Fsp3) is 0.161. The molecule has 0 amide bonds. The number of hydrogen-bond acceptors (Lipinski definition) is 3.